The largest absolute Gasteiger partial charge is 0.489 e. The molecule has 1 aromatic carbocycles. The van der Waals surface area contributed by atoms with E-state index < -0.39 is 15.8 Å². The first-order valence-electron chi connectivity index (χ1n) is 6.50. The van der Waals surface area contributed by atoms with Crippen LogP contribution in [0.2, 0.25) is 0 Å². The number of benzene rings is 1. The zero-order chi connectivity index (χ0) is 15.5. The van der Waals surface area contributed by atoms with Crippen LogP contribution in [0.15, 0.2) is 24.3 Å². The Labute approximate surface area is 123 Å². The van der Waals surface area contributed by atoms with Crippen LogP contribution in [0.3, 0.4) is 0 Å². The third-order valence-electron chi connectivity index (χ3n) is 2.84. The van der Waals surface area contributed by atoms with Gasteiger partial charge in [-0.3, -0.25) is 0 Å². The van der Waals surface area contributed by atoms with E-state index in [4.69, 9.17) is 9.47 Å². The number of sulfone groups is 1. The molecule has 0 bridgehead atoms. The lowest BCUT2D eigenvalue weighted by Gasteiger charge is -2.07. The molecule has 0 amide bonds. The molecule has 0 fully saturated rings. The summed E-state index contributed by atoms with van der Waals surface area (Å²) < 4.78 is 32.8. The second-order valence-electron chi connectivity index (χ2n) is 4.57. The number of rotatable bonds is 6. The Morgan fingerprint density at radius 1 is 1.29 bits per heavy atom. The number of nitrogens with one attached hydrogen (secondary N) is 1. The van der Waals surface area contributed by atoms with Crippen molar-refractivity contribution in [3.63, 3.8) is 0 Å². The number of hydrogen-bond acceptors (Lipinski definition) is 5. The normalized spacial score (nSPS) is 11.5. The Bertz CT molecular complexity index is 748. The van der Waals surface area contributed by atoms with Gasteiger partial charge in [0.2, 0.25) is 0 Å². The molecule has 1 aromatic heterocycles. The average molecular weight is 311 g/mol. The van der Waals surface area contributed by atoms with Crippen molar-refractivity contribution in [1.29, 1.82) is 0 Å². The first-order valence-corrected chi connectivity index (χ1v) is 8.56. The van der Waals surface area contributed by atoms with Crippen molar-refractivity contribution in [1.82, 2.24) is 4.98 Å². The van der Waals surface area contributed by atoms with Crippen molar-refractivity contribution in [3.05, 3.63) is 30.0 Å². The highest BCUT2D eigenvalue weighted by molar-refractivity contribution is 7.90. The van der Waals surface area contributed by atoms with E-state index in [1.54, 1.807) is 13.0 Å². The van der Waals surface area contributed by atoms with Crippen molar-refractivity contribution >= 4 is 26.7 Å². The molecule has 7 heteroatoms. The summed E-state index contributed by atoms with van der Waals surface area (Å²) in [5.74, 6) is -0.315. The minimum Gasteiger partial charge on any atom is -0.489 e. The Morgan fingerprint density at radius 2 is 2.00 bits per heavy atom. The monoisotopic (exact) mass is 311 g/mol. The number of aromatic amines is 1. The fraction of sp³-hybridized carbons (Fsp3) is 0.357. The van der Waals surface area contributed by atoms with E-state index in [-0.39, 0.29) is 24.7 Å². The Morgan fingerprint density at radius 3 is 2.67 bits per heavy atom. The van der Waals surface area contributed by atoms with Gasteiger partial charge in [0.05, 0.1) is 12.4 Å². The van der Waals surface area contributed by atoms with Crippen LogP contribution in [0.1, 0.15) is 17.4 Å². The number of para-hydroxylation sites is 1. The highest BCUT2D eigenvalue weighted by Crippen LogP contribution is 2.30. The Balaban J connectivity index is 2.34. The van der Waals surface area contributed by atoms with Crippen LogP contribution in [-0.4, -0.2) is 44.6 Å². The number of carbonyl (C=O) groups excluding carboxylic acids is 1. The predicted octanol–water partition coefficient (Wildman–Crippen LogP) is 1.77. The van der Waals surface area contributed by atoms with E-state index >= 15 is 0 Å². The van der Waals surface area contributed by atoms with Crippen LogP contribution in [0.5, 0.6) is 5.75 Å². The molecule has 0 aliphatic carbocycles. The maximum atomic E-state index is 11.9. The molecule has 0 aliphatic heterocycles. The maximum absolute atomic E-state index is 11.9. The van der Waals surface area contributed by atoms with Crippen LogP contribution in [-0.2, 0) is 14.6 Å². The van der Waals surface area contributed by atoms with E-state index in [2.05, 4.69) is 4.98 Å². The number of fused-ring (bicyclic) bond motifs is 1. The fourth-order valence-electron chi connectivity index (χ4n) is 1.91. The lowest BCUT2D eigenvalue weighted by molar-refractivity contribution is 0.0516. The summed E-state index contributed by atoms with van der Waals surface area (Å²) in [6.45, 7) is 1.94. The minimum absolute atomic E-state index is 0.0207. The van der Waals surface area contributed by atoms with Crippen molar-refractivity contribution in [3.8, 4) is 5.75 Å². The lowest BCUT2D eigenvalue weighted by atomic mass is 10.2. The van der Waals surface area contributed by atoms with Gasteiger partial charge in [-0.1, -0.05) is 12.1 Å². The highest BCUT2D eigenvalue weighted by Gasteiger charge is 2.20. The van der Waals surface area contributed by atoms with E-state index in [1.165, 1.54) is 0 Å². The van der Waals surface area contributed by atoms with E-state index in [0.29, 0.717) is 11.1 Å². The summed E-state index contributed by atoms with van der Waals surface area (Å²) in [7, 11) is -3.13. The summed E-state index contributed by atoms with van der Waals surface area (Å²) in [5.41, 5.74) is 0.932. The van der Waals surface area contributed by atoms with Gasteiger partial charge >= 0.3 is 5.97 Å². The van der Waals surface area contributed by atoms with Gasteiger partial charge in [0.1, 0.15) is 6.61 Å². The van der Waals surface area contributed by atoms with E-state index in [0.717, 1.165) is 11.8 Å². The number of carbonyl (C=O) groups is 1. The van der Waals surface area contributed by atoms with Gasteiger partial charge in [0.25, 0.3) is 0 Å². The molecule has 1 N–H and O–H groups in total. The fourth-order valence-corrected chi connectivity index (χ4v) is 2.29. The number of hydrogen-bond donors (Lipinski definition) is 1. The second-order valence-corrected chi connectivity index (χ2v) is 6.83. The Hall–Kier alpha value is -2.02. The zero-order valence-electron chi connectivity index (χ0n) is 11.9. The minimum atomic E-state index is -3.13. The predicted molar refractivity (Wildman–Crippen MR) is 79.5 cm³/mol. The molecular formula is C14H17NO5S. The summed E-state index contributed by atoms with van der Waals surface area (Å²) in [6.07, 6.45) is 1.14. The summed E-state index contributed by atoms with van der Waals surface area (Å²) in [5, 5.41) is 0.717. The molecule has 0 saturated heterocycles. The quantitative estimate of drug-likeness (QED) is 0.822. The second kappa shape index (κ2) is 6.17. The van der Waals surface area contributed by atoms with Gasteiger partial charge in [0, 0.05) is 17.2 Å². The van der Waals surface area contributed by atoms with Crippen LogP contribution in [0.4, 0.5) is 0 Å². The van der Waals surface area contributed by atoms with E-state index in [9.17, 15) is 13.2 Å². The van der Waals surface area contributed by atoms with Gasteiger partial charge in [-0.2, -0.15) is 0 Å². The molecule has 0 atom stereocenters. The smallest absolute Gasteiger partial charge is 0.358 e. The summed E-state index contributed by atoms with van der Waals surface area (Å²) >= 11 is 0. The maximum Gasteiger partial charge on any atom is 0.358 e. The lowest BCUT2D eigenvalue weighted by Crippen LogP contribution is -2.14. The standard InChI is InChI=1S/C14H17NO5S/c1-3-19-14(16)12-13(20-8-9-21(2,17)18)10-6-4-5-7-11(10)15-12/h4-7,15H,3,8-9H2,1-2H3. The van der Waals surface area contributed by atoms with Crippen molar-refractivity contribution < 1.29 is 22.7 Å². The summed E-state index contributed by atoms with van der Waals surface area (Å²) in [4.78, 5) is 14.9. The van der Waals surface area contributed by atoms with Crippen LogP contribution >= 0.6 is 0 Å². The molecule has 0 radical (unpaired) electrons. The van der Waals surface area contributed by atoms with Gasteiger partial charge in [-0.25, -0.2) is 13.2 Å². The number of ether oxygens (including phenoxy) is 2. The average Bonchev–Trinajstić information content (AvgIpc) is 2.77. The molecule has 0 spiro atoms. The van der Waals surface area contributed by atoms with Crippen LogP contribution in [0, 0.1) is 0 Å². The molecule has 0 unspecified atom stereocenters. The van der Waals surface area contributed by atoms with Crippen molar-refractivity contribution in [2.24, 2.45) is 0 Å². The third-order valence-corrected chi connectivity index (χ3v) is 3.75. The number of H-pyrrole nitrogens is 1. The molecule has 114 valence electrons. The highest BCUT2D eigenvalue weighted by atomic mass is 32.2. The molecule has 1 heterocycles. The van der Waals surface area contributed by atoms with E-state index in [1.807, 2.05) is 18.2 Å². The first kappa shape index (κ1) is 15.4. The van der Waals surface area contributed by atoms with Crippen LogP contribution < -0.4 is 4.74 Å². The molecule has 6 nitrogen and oxygen atoms in total. The number of aromatic nitrogens is 1. The third kappa shape index (κ3) is 3.75. The van der Waals surface area contributed by atoms with Gasteiger partial charge in [-0.15, -0.1) is 0 Å². The molecule has 2 rings (SSSR count). The number of esters is 1. The van der Waals surface area contributed by atoms with Crippen molar-refractivity contribution in [2.75, 3.05) is 25.2 Å². The van der Waals surface area contributed by atoms with Gasteiger partial charge < -0.3 is 14.5 Å². The van der Waals surface area contributed by atoms with Gasteiger partial charge in [-0.05, 0) is 19.1 Å². The summed E-state index contributed by atoms with van der Waals surface area (Å²) in [6, 6.07) is 7.24. The topological polar surface area (TPSA) is 85.5 Å². The zero-order valence-corrected chi connectivity index (χ0v) is 12.7. The Kier molecular flexibility index (Phi) is 4.52. The van der Waals surface area contributed by atoms with Crippen molar-refractivity contribution in [2.45, 2.75) is 6.92 Å². The molecular weight excluding hydrogens is 294 g/mol. The first-order chi connectivity index (χ1) is 9.92. The SMILES string of the molecule is CCOC(=O)c1[nH]c2ccccc2c1OCCS(C)(=O)=O. The molecule has 21 heavy (non-hydrogen) atoms. The molecule has 2 aromatic rings. The molecule has 0 aliphatic rings. The van der Waals surface area contributed by atoms with Gasteiger partial charge in [0.15, 0.2) is 21.3 Å². The molecule has 0 saturated carbocycles. The van der Waals surface area contributed by atoms with Crippen LogP contribution in [0.25, 0.3) is 10.9 Å².